The second-order valence-electron chi connectivity index (χ2n) is 5.89. The molecule has 1 aromatic rings. The zero-order chi connectivity index (χ0) is 14.5. The zero-order valence-electron chi connectivity index (χ0n) is 12.8. The van der Waals surface area contributed by atoms with Crippen LogP contribution in [0.1, 0.15) is 51.1 Å². The Hall–Kier alpha value is -1.09. The van der Waals surface area contributed by atoms with E-state index < -0.39 is 0 Å². The first-order chi connectivity index (χ1) is 9.67. The normalized spacial score (nSPS) is 23.8. The van der Waals surface area contributed by atoms with Gasteiger partial charge in [-0.1, -0.05) is 32.8 Å². The van der Waals surface area contributed by atoms with E-state index in [0.717, 1.165) is 18.5 Å². The molecule has 20 heavy (non-hydrogen) atoms. The predicted octanol–water partition coefficient (Wildman–Crippen LogP) is 4.31. The summed E-state index contributed by atoms with van der Waals surface area (Å²) in [6, 6.07) is 5.36. The van der Waals surface area contributed by atoms with Gasteiger partial charge in [-0.2, -0.15) is 0 Å². The molecule has 0 aliphatic heterocycles. The average molecular weight is 279 g/mol. The van der Waals surface area contributed by atoms with Crippen molar-refractivity contribution < 1.29 is 9.13 Å². The molecule has 0 radical (unpaired) electrons. The van der Waals surface area contributed by atoms with Crippen molar-refractivity contribution in [3.8, 4) is 5.75 Å². The number of nitrogens with one attached hydrogen (secondary N) is 1. The van der Waals surface area contributed by atoms with Crippen LogP contribution in [0.15, 0.2) is 18.2 Å². The Kier molecular flexibility index (Phi) is 5.41. The molecule has 1 aromatic carbocycles. The Labute approximate surface area is 121 Å². The van der Waals surface area contributed by atoms with Gasteiger partial charge in [0.1, 0.15) is 11.6 Å². The smallest absolute Gasteiger partial charge is 0.131 e. The average Bonchev–Trinajstić information content (AvgIpc) is 2.87. The lowest BCUT2D eigenvalue weighted by Crippen LogP contribution is -2.31. The molecule has 1 N–H and O–H groups in total. The van der Waals surface area contributed by atoms with Crippen LogP contribution < -0.4 is 10.1 Å². The standard InChI is InChI=1S/C17H26FNO/c1-4-10-19-17(14-7-5-6-12(14)2)15-9-8-13(20-3)11-16(15)18/h8-9,11-12,14,17,19H,4-7,10H2,1-3H3. The van der Waals surface area contributed by atoms with Gasteiger partial charge in [-0.3, -0.25) is 0 Å². The minimum atomic E-state index is -0.156. The second-order valence-corrected chi connectivity index (χ2v) is 5.89. The van der Waals surface area contributed by atoms with Gasteiger partial charge in [0.2, 0.25) is 0 Å². The van der Waals surface area contributed by atoms with E-state index in [1.165, 1.54) is 25.3 Å². The van der Waals surface area contributed by atoms with Crippen LogP contribution in [0.25, 0.3) is 0 Å². The first-order valence-corrected chi connectivity index (χ1v) is 7.74. The molecular weight excluding hydrogens is 253 g/mol. The lowest BCUT2D eigenvalue weighted by molar-refractivity contribution is 0.295. The van der Waals surface area contributed by atoms with E-state index in [2.05, 4.69) is 19.2 Å². The molecule has 0 spiro atoms. The third-order valence-corrected chi connectivity index (χ3v) is 4.51. The van der Waals surface area contributed by atoms with Crippen molar-refractivity contribution in [2.45, 2.75) is 45.6 Å². The number of benzene rings is 1. The van der Waals surface area contributed by atoms with Gasteiger partial charge < -0.3 is 10.1 Å². The number of methoxy groups -OCH3 is 1. The fraction of sp³-hybridized carbons (Fsp3) is 0.647. The molecule has 0 amide bonds. The molecule has 1 aliphatic carbocycles. The van der Waals surface area contributed by atoms with E-state index >= 15 is 0 Å². The summed E-state index contributed by atoms with van der Waals surface area (Å²) in [4.78, 5) is 0. The van der Waals surface area contributed by atoms with Gasteiger partial charge in [-0.15, -0.1) is 0 Å². The second kappa shape index (κ2) is 7.07. The van der Waals surface area contributed by atoms with Gasteiger partial charge in [0.05, 0.1) is 7.11 Å². The fourth-order valence-electron chi connectivity index (χ4n) is 3.35. The summed E-state index contributed by atoms with van der Waals surface area (Å²) < 4.78 is 19.5. The van der Waals surface area contributed by atoms with Crippen molar-refractivity contribution >= 4 is 0 Å². The highest BCUT2D eigenvalue weighted by Gasteiger charge is 2.32. The molecule has 2 rings (SSSR count). The summed E-state index contributed by atoms with van der Waals surface area (Å²) in [6.45, 7) is 5.37. The molecule has 1 aliphatic rings. The SMILES string of the molecule is CCCNC(c1ccc(OC)cc1F)C1CCCC1C. The Bertz CT molecular complexity index is 435. The van der Waals surface area contributed by atoms with Crippen molar-refractivity contribution in [2.24, 2.45) is 11.8 Å². The summed E-state index contributed by atoms with van der Waals surface area (Å²) in [5.74, 6) is 1.62. The number of rotatable bonds is 6. The molecular formula is C17H26FNO. The Morgan fingerprint density at radius 1 is 1.40 bits per heavy atom. The first kappa shape index (κ1) is 15.3. The Morgan fingerprint density at radius 3 is 2.75 bits per heavy atom. The molecule has 1 saturated carbocycles. The summed E-state index contributed by atoms with van der Waals surface area (Å²) in [5, 5.41) is 3.56. The van der Waals surface area contributed by atoms with Gasteiger partial charge in [-0.25, -0.2) is 4.39 Å². The minimum Gasteiger partial charge on any atom is -0.497 e. The lowest BCUT2D eigenvalue weighted by atomic mass is 9.85. The van der Waals surface area contributed by atoms with Crippen LogP contribution in [-0.4, -0.2) is 13.7 Å². The van der Waals surface area contributed by atoms with Crippen LogP contribution in [0.3, 0.4) is 0 Å². The molecule has 0 bridgehead atoms. The van der Waals surface area contributed by atoms with E-state index in [0.29, 0.717) is 17.6 Å². The minimum absolute atomic E-state index is 0.123. The molecule has 1 fully saturated rings. The molecule has 3 unspecified atom stereocenters. The van der Waals surface area contributed by atoms with Crippen LogP contribution in [-0.2, 0) is 0 Å². The molecule has 3 atom stereocenters. The number of hydrogen-bond acceptors (Lipinski definition) is 2. The fourth-order valence-corrected chi connectivity index (χ4v) is 3.35. The number of ether oxygens (including phenoxy) is 1. The number of hydrogen-bond donors (Lipinski definition) is 1. The highest BCUT2D eigenvalue weighted by molar-refractivity contribution is 5.31. The third-order valence-electron chi connectivity index (χ3n) is 4.51. The molecule has 112 valence electrons. The first-order valence-electron chi connectivity index (χ1n) is 7.74. The van der Waals surface area contributed by atoms with E-state index in [9.17, 15) is 4.39 Å². The maximum absolute atomic E-state index is 14.4. The molecule has 3 heteroatoms. The van der Waals surface area contributed by atoms with Crippen LogP contribution in [0, 0.1) is 17.7 Å². The van der Waals surface area contributed by atoms with Crippen molar-refractivity contribution in [3.05, 3.63) is 29.6 Å². The lowest BCUT2D eigenvalue weighted by Gasteiger charge is -2.29. The summed E-state index contributed by atoms with van der Waals surface area (Å²) in [6.07, 6.45) is 4.77. The molecule has 2 nitrogen and oxygen atoms in total. The number of halogens is 1. The van der Waals surface area contributed by atoms with Crippen LogP contribution in [0.4, 0.5) is 4.39 Å². The van der Waals surface area contributed by atoms with E-state index in [4.69, 9.17) is 4.74 Å². The van der Waals surface area contributed by atoms with Gasteiger partial charge in [-0.05, 0) is 37.3 Å². The molecule has 0 heterocycles. The summed E-state index contributed by atoms with van der Waals surface area (Å²) in [7, 11) is 1.57. The van der Waals surface area contributed by atoms with Crippen LogP contribution >= 0.6 is 0 Å². The monoisotopic (exact) mass is 279 g/mol. The third kappa shape index (κ3) is 3.32. The highest BCUT2D eigenvalue weighted by Crippen LogP contribution is 2.41. The van der Waals surface area contributed by atoms with Gasteiger partial charge in [0.15, 0.2) is 0 Å². The van der Waals surface area contributed by atoms with E-state index in [1.807, 2.05) is 12.1 Å². The summed E-state index contributed by atoms with van der Waals surface area (Å²) in [5.41, 5.74) is 0.790. The van der Waals surface area contributed by atoms with Crippen molar-refractivity contribution in [1.29, 1.82) is 0 Å². The van der Waals surface area contributed by atoms with Crippen molar-refractivity contribution in [3.63, 3.8) is 0 Å². The predicted molar refractivity (Wildman–Crippen MR) is 80.5 cm³/mol. The van der Waals surface area contributed by atoms with Crippen molar-refractivity contribution in [2.75, 3.05) is 13.7 Å². The largest absolute Gasteiger partial charge is 0.497 e. The Morgan fingerprint density at radius 2 is 2.20 bits per heavy atom. The maximum Gasteiger partial charge on any atom is 0.131 e. The summed E-state index contributed by atoms with van der Waals surface area (Å²) >= 11 is 0. The molecule has 0 aromatic heterocycles. The zero-order valence-corrected chi connectivity index (χ0v) is 12.8. The van der Waals surface area contributed by atoms with E-state index in [1.54, 1.807) is 7.11 Å². The topological polar surface area (TPSA) is 21.3 Å². The Balaban J connectivity index is 2.25. The van der Waals surface area contributed by atoms with Gasteiger partial charge >= 0.3 is 0 Å². The molecule has 0 saturated heterocycles. The van der Waals surface area contributed by atoms with Gasteiger partial charge in [0, 0.05) is 17.7 Å². The highest BCUT2D eigenvalue weighted by atomic mass is 19.1. The quantitative estimate of drug-likeness (QED) is 0.837. The maximum atomic E-state index is 14.4. The van der Waals surface area contributed by atoms with Crippen LogP contribution in [0.2, 0.25) is 0 Å². The van der Waals surface area contributed by atoms with E-state index in [-0.39, 0.29) is 11.9 Å². The van der Waals surface area contributed by atoms with Crippen molar-refractivity contribution in [1.82, 2.24) is 5.32 Å². The van der Waals surface area contributed by atoms with Crippen LogP contribution in [0.5, 0.6) is 5.75 Å². The van der Waals surface area contributed by atoms with Gasteiger partial charge in [0.25, 0.3) is 0 Å².